The van der Waals surface area contributed by atoms with E-state index in [1.807, 2.05) is 14.0 Å². The maximum atomic E-state index is 10.3. The Morgan fingerprint density at radius 2 is 1.76 bits per heavy atom. The van der Waals surface area contributed by atoms with Crippen molar-refractivity contribution in [1.29, 1.82) is 0 Å². The Morgan fingerprint density at radius 3 is 2.43 bits per heavy atom. The summed E-state index contributed by atoms with van der Waals surface area (Å²) < 4.78 is 0. The molecule has 0 saturated heterocycles. The maximum absolute atomic E-state index is 10.3. The summed E-state index contributed by atoms with van der Waals surface area (Å²) in [5.74, 6) is 2.82. The molecule has 2 unspecified atom stereocenters. The van der Waals surface area contributed by atoms with Crippen LogP contribution < -0.4 is 10.6 Å². The van der Waals surface area contributed by atoms with Gasteiger partial charge in [0, 0.05) is 18.5 Å². The average Bonchev–Trinajstić information content (AvgIpc) is 2.66. The second-order valence-electron chi connectivity index (χ2n) is 6.26. The lowest BCUT2D eigenvalue weighted by Gasteiger charge is -2.24. The molecule has 0 amide bonds. The zero-order valence-corrected chi connectivity index (χ0v) is 13.6. The van der Waals surface area contributed by atoms with Crippen molar-refractivity contribution in [3.8, 4) is 0 Å². The first-order chi connectivity index (χ1) is 10.0. The Morgan fingerprint density at radius 1 is 1.10 bits per heavy atom. The summed E-state index contributed by atoms with van der Waals surface area (Å²) in [5.41, 5.74) is 1.01. The second-order valence-corrected chi connectivity index (χ2v) is 6.26. The largest absolute Gasteiger partial charge is 0.391 e. The quantitative estimate of drug-likeness (QED) is 0.744. The molecule has 1 aliphatic rings. The Balaban J connectivity index is 2.27. The van der Waals surface area contributed by atoms with Crippen LogP contribution in [-0.2, 0) is 0 Å². The molecule has 0 aromatic carbocycles. The van der Waals surface area contributed by atoms with Crippen molar-refractivity contribution in [3.63, 3.8) is 0 Å². The van der Waals surface area contributed by atoms with Gasteiger partial charge in [0.15, 0.2) is 0 Å². The van der Waals surface area contributed by atoms with Crippen molar-refractivity contribution in [3.05, 3.63) is 11.4 Å². The summed E-state index contributed by atoms with van der Waals surface area (Å²) in [6, 6.07) is 0.0887. The topological polar surface area (TPSA) is 70.1 Å². The SMILES string of the molecule is CNc1nc(C(C)C)nc(NC2CCCCCC2O)c1C. The smallest absolute Gasteiger partial charge is 0.135 e. The highest BCUT2D eigenvalue weighted by molar-refractivity contribution is 5.57. The number of hydrogen-bond acceptors (Lipinski definition) is 5. The van der Waals surface area contributed by atoms with Crippen molar-refractivity contribution in [2.24, 2.45) is 0 Å². The van der Waals surface area contributed by atoms with E-state index < -0.39 is 0 Å². The Labute approximate surface area is 127 Å². The Kier molecular flexibility index (Phi) is 5.39. The van der Waals surface area contributed by atoms with Crippen molar-refractivity contribution in [2.45, 2.75) is 70.9 Å². The van der Waals surface area contributed by atoms with Crippen LogP contribution >= 0.6 is 0 Å². The van der Waals surface area contributed by atoms with E-state index >= 15 is 0 Å². The van der Waals surface area contributed by atoms with Crippen LogP contribution in [0.5, 0.6) is 0 Å². The first kappa shape index (κ1) is 16.0. The molecule has 5 nitrogen and oxygen atoms in total. The van der Waals surface area contributed by atoms with E-state index in [0.717, 1.165) is 48.7 Å². The lowest BCUT2D eigenvalue weighted by molar-refractivity contribution is 0.144. The molecule has 0 spiro atoms. The van der Waals surface area contributed by atoms with Crippen molar-refractivity contribution in [2.75, 3.05) is 17.7 Å². The standard InChI is InChI=1S/C16H28N4O/c1-10(2)14-19-15(17-4)11(3)16(20-14)18-12-8-6-5-7-9-13(12)21/h10,12-13,21H,5-9H2,1-4H3,(H2,17,18,19,20). The number of nitrogens with zero attached hydrogens (tertiary/aromatic N) is 2. The summed E-state index contributed by atoms with van der Waals surface area (Å²) in [6.07, 6.45) is 5.06. The van der Waals surface area contributed by atoms with Gasteiger partial charge in [0.2, 0.25) is 0 Å². The minimum absolute atomic E-state index is 0.0887. The minimum atomic E-state index is -0.289. The lowest BCUT2D eigenvalue weighted by Crippen LogP contribution is -2.33. The van der Waals surface area contributed by atoms with Crippen molar-refractivity contribution in [1.82, 2.24) is 9.97 Å². The summed E-state index contributed by atoms with van der Waals surface area (Å²) >= 11 is 0. The third kappa shape index (κ3) is 3.84. The fourth-order valence-electron chi connectivity index (χ4n) is 2.81. The molecule has 1 fully saturated rings. The van der Waals surface area contributed by atoms with Gasteiger partial charge in [0.25, 0.3) is 0 Å². The number of aliphatic hydroxyl groups is 1. The zero-order valence-electron chi connectivity index (χ0n) is 13.6. The maximum Gasteiger partial charge on any atom is 0.135 e. The Bertz CT molecular complexity index is 476. The number of aromatic nitrogens is 2. The number of rotatable bonds is 4. The molecule has 3 N–H and O–H groups in total. The fraction of sp³-hybridized carbons (Fsp3) is 0.750. The van der Waals surface area contributed by atoms with Crippen LogP contribution in [0.15, 0.2) is 0 Å². The van der Waals surface area contributed by atoms with Crippen LogP contribution in [-0.4, -0.2) is 34.3 Å². The molecule has 2 rings (SSSR count). The highest BCUT2D eigenvalue weighted by Crippen LogP contribution is 2.26. The van der Waals surface area contributed by atoms with Gasteiger partial charge in [-0.1, -0.05) is 33.1 Å². The van der Waals surface area contributed by atoms with E-state index in [9.17, 15) is 5.11 Å². The highest BCUT2D eigenvalue weighted by Gasteiger charge is 2.23. The molecule has 0 radical (unpaired) electrons. The molecule has 1 saturated carbocycles. The van der Waals surface area contributed by atoms with Gasteiger partial charge in [-0.15, -0.1) is 0 Å². The van der Waals surface area contributed by atoms with Gasteiger partial charge in [0.05, 0.1) is 12.1 Å². The summed E-state index contributed by atoms with van der Waals surface area (Å²) in [6.45, 7) is 6.20. The minimum Gasteiger partial charge on any atom is -0.391 e. The monoisotopic (exact) mass is 292 g/mol. The van der Waals surface area contributed by atoms with Gasteiger partial charge < -0.3 is 15.7 Å². The van der Waals surface area contributed by atoms with Gasteiger partial charge >= 0.3 is 0 Å². The Hall–Kier alpha value is -1.36. The first-order valence-corrected chi connectivity index (χ1v) is 8.03. The molecule has 2 atom stereocenters. The van der Waals surface area contributed by atoms with Gasteiger partial charge in [-0.25, -0.2) is 9.97 Å². The molecule has 1 aromatic heterocycles. The molecule has 1 aliphatic carbocycles. The van der Waals surface area contributed by atoms with E-state index in [4.69, 9.17) is 0 Å². The normalized spacial score (nSPS) is 23.0. The molecule has 1 aromatic rings. The summed E-state index contributed by atoms with van der Waals surface area (Å²) in [4.78, 5) is 9.22. The lowest BCUT2D eigenvalue weighted by atomic mass is 10.1. The molecule has 21 heavy (non-hydrogen) atoms. The van der Waals surface area contributed by atoms with E-state index in [0.29, 0.717) is 0 Å². The van der Waals surface area contributed by atoms with Gasteiger partial charge in [-0.05, 0) is 19.8 Å². The van der Waals surface area contributed by atoms with Crippen LogP contribution in [0.3, 0.4) is 0 Å². The third-order valence-corrected chi connectivity index (χ3v) is 4.22. The summed E-state index contributed by atoms with van der Waals surface area (Å²) in [7, 11) is 1.88. The summed E-state index contributed by atoms with van der Waals surface area (Å²) in [5, 5.41) is 16.9. The first-order valence-electron chi connectivity index (χ1n) is 8.03. The van der Waals surface area contributed by atoms with Crippen LogP contribution in [0.4, 0.5) is 11.6 Å². The third-order valence-electron chi connectivity index (χ3n) is 4.22. The molecule has 1 heterocycles. The molecular weight excluding hydrogens is 264 g/mol. The van der Waals surface area contributed by atoms with Gasteiger partial charge in [-0.2, -0.15) is 0 Å². The van der Waals surface area contributed by atoms with E-state index in [1.54, 1.807) is 0 Å². The van der Waals surface area contributed by atoms with E-state index in [2.05, 4.69) is 34.4 Å². The van der Waals surface area contributed by atoms with Crippen LogP contribution in [0, 0.1) is 6.92 Å². The number of nitrogens with one attached hydrogen (secondary N) is 2. The van der Waals surface area contributed by atoms with Gasteiger partial charge in [0.1, 0.15) is 17.5 Å². The highest BCUT2D eigenvalue weighted by atomic mass is 16.3. The van der Waals surface area contributed by atoms with E-state index in [1.165, 1.54) is 6.42 Å². The molecular formula is C16H28N4O. The predicted molar refractivity (Wildman–Crippen MR) is 86.9 cm³/mol. The molecule has 0 bridgehead atoms. The number of anilines is 2. The van der Waals surface area contributed by atoms with Crippen LogP contribution in [0.1, 0.15) is 63.3 Å². The molecule has 118 valence electrons. The van der Waals surface area contributed by atoms with Crippen molar-refractivity contribution >= 4 is 11.6 Å². The average molecular weight is 292 g/mol. The fourth-order valence-corrected chi connectivity index (χ4v) is 2.81. The van der Waals surface area contributed by atoms with E-state index in [-0.39, 0.29) is 18.1 Å². The van der Waals surface area contributed by atoms with Crippen LogP contribution in [0.2, 0.25) is 0 Å². The molecule has 0 aliphatic heterocycles. The zero-order chi connectivity index (χ0) is 15.4. The predicted octanol–water partition coefficient (Wildman–Crippen LogP) is 3.06. The van der Waals surface area contributed by atoms with Crippen molar-refractivity contribution < 1.29 is 5.11 Å². The van der Waals surface area contributed by atoms with Crippen LogP contribution in [0.25, 0.3) is 0 Å². The van der Waals surface area contributed by atoms with Gasteiger partial charge in [-0.3, -0.25) is 0 Å². The second kappa shape index (κ2) is 7.07. The number of hydrogen-bond donors (Lipinski definition) is 3. The molecule has 5 heteroatoms. The number of aliphatic hydroxyl groups excluding tert-OH is 1.